The van der Waals surface area contributed by atoms with Crippen molar-refractivity contribution in [2.24, 2.45) is 11.8 Å². The first kappa shape index (κ1) is 18.4. The number of hydrogen-bond donors (Lipinski definition) is 2. The van der Waals surface area contributed by atoms with Crippen LogP contribution < -0.4 is 10.6 Å². The first-order valence-electron chi connectivity index (χ1n) is 8.99. The quantitative estimate of drug-likeness (QED) is 0.391. The van der Waals surface area contributed by atoms with Gasteiger partial charge < -0.3 is 10.6 Å². The Hall–Kier alpha value is -1.92. The van der Waals surface area contributed by atoms with Gasteiger partial charge in [-0.1, -0.05) is 24.3 Å². The van der Waals surface area contributed by atoms with Crippen LogP contribution in [-0.4, -0.2) is 11.2 Å². The largest absolute Gasteiger partial charge is 0.359 e. The topological polar surface area (TPSA) is 24.1 Å². The molecular formula is C21H20F2N2S2. The molecular weight excluding hydrogens is 382 g/mol. The first-order valence-corrected chi connectivity index (χ1v) is 10.4. The second kappa shape index (κ2) is 7.98. The van der Waals surface area contributed by atoms with E-state index < -0.39 is 11.6 Å². The van der Waals surface area contributed by atoms with E-state index in [2.05, 4.69) is 22.8 Å². The number of nitrogens with one attached hydrogen (secondary N) is 2. The number of fused-ring (bicyclic) bond motifs is 2. The third-order valence-corrected chi connectivity index (χ3v) is 6.41. The van der Waals surface area contributed by atoms with Gasteiger partial charge in [-0.05, 0) is 66.7 Å². The molecule has 0 radical (unpaired) electrons. The number of rotatable bonds is 5. The van der Waals surface area contributed by atoms with Crippen LogP contribution in [0.1, 0.15) is 18.4 Å². The van der Waals surface area contributed by atoms with Crippen LogP contribution in [-0.2, 0) is 5.75 Å². The zero-order valence-electron chi connectivity index (χ0n) is 14.6. The van der Waals surface area contributed by atoms with Gasteiger partial charge in [0.05, 0.1) is 5.69 Å². The number of para-hydroxylation sites is 1. The molecule has 0 saturated heterocycles. The molecule has 3 atom stereocenters. The Morgan fingerprint density at radius 2 is 1.85 bits per heavy atom. The molecule has 2 aliphatic rings. The molecule has 6 heteroatoms. The average Bonchev–Trinajstić information content (AvgIpc) is 3.23. The SMILES string of the molecule is Fc1cc(F)cc(CSc2ccccc2NC(=S)N[C@H]2C[C@H]3C=C[C@@H]2C3)c1. The van der Waals surface area contributed by atoms with E-state index in [4.69, 9.17) is 12.2 Å². The van der Waals surface area contributed by atoms with E-state index in [1.165, 1.54) is 30.3 Å². The van der Waals surface area contributed by atoms with E-state index in [1.54, 1.807) is 0 Å². The molecule has 2 aromatic carbocycles. The first-order chi connectivity index (χ1) is 13.1. The monoisotopic (exact) mass is 402 g/mol. The van der Waals surface area contributed by atoms with E-state index >= 15 is 0 Å². The molecule has 140 valence electrons. The fourth-order valence-electron chi connectivity index (χ4n) is 3.82. The standard InChI is InChI=1S/C21H20F2N2S2/c22-16-8-14(9-17(23)11-16)12-27-20-4-2-1-3-18(20)24-21(26)25-19-10-13-5-6-15(19)7-13/h1-6,8-9,11,13,15,19H,7,10,12H2,(H2,24,25,26)/t13-,15+,19-/m0/s1. The second-order valence-electron chi connectivity index (χ2n) is 7.05. The van der Waals surface area contributed by atoms with Gasteiger partial charge in [0.15, 0.2) is 5.11 Å². The van der Waals surface area contributed by atoms with Crippen molar-refractivity contribution in [3.05, 3.63) is 71.8 Å². The van der Waals surface area contributed by atoms with Gasteiger partial charge in [-0.3, -0.25) is 0 Å². The number of thiocarbonyl (C=S) groups is 1. The lowest BCUT2D eigenvalue weighted by atomic mass is 10.0. The van der Waals surface area contributed by atoms with Crippen LogP contribution in [0.15, 0.2) is 59.5 Å². The van der Waals surface area contributed by atoms with E-state index in [1.807, 2.05) is 24.3 Å². The molecule has 27 heavy (non-hydrogen) atoms. The zero-order chi connectivity index (χ0) is 18.8. The summed E-state index contributed by atoms with van der Waals surface area (Å²) in [4.78, 5) is 0.985. The fourth-order valence-corrected chi connectivity index (χ4v) is 5.02. The number of allylic oxidation sites excluding steroid dienone is 1. The minimum Gasteiger partial charge on any atom is -0.359 e. The summed E-state index contributed by atoms with van der Waals surface area (Å²) in [6.45, 7) is 0. The van der Waals surface area contributed by atoms with Crippen LogP contribution >= 0.6 is 24.0 Å². The normalized spacial score (nSPS) is 22.8. The highest BCUT2D eigenvalue weighted by molar-refractivity contribution is 7.98. The number of halogens is 2. The van der Waals surface area contributed by atoms with E-state index in [0.29, 0.717) is 34.3 Å². The van der Waals surface area contributed by atoms with Gasteiger partial charge in [0.25, 0.3) is 0 Å². The lowest BCUT2D eigenvalue weighted by Crippen LogP contribution is -2.40. The number of thioether (sulfide) groups is 1. The van der Waals surface area contributed by atoms with E-state index in [-0.39, 0.29) is 0 Å². The summed E-state index contributed by atoms with van der Waals surface area (Å²) in [6, 6.07) is 11.8. The molecule has 0 aliphatic heterocycles. The lowest BCUT2D eigenvalue weighted by Gasteiger charge is -2.22. The molecule has 0 spiro atoms. The molecule has 0 unspecified atom stereocenters. The van der Waals surface area contributed by atoms with Crippen molar-refractivity contribution < 1.29 is 8.78 Å². The third kappa shape index (κ3) is 4.50. The Morgan fingerprint density at radius 1 is 1.07 bits per heavy atom. The lowest BCUT2D eigenvalue weighted by molar-refractivity contribution is 0.526. The number of hydrogen-bond acceptors (Lipinski definition) is 2. The minimum atomic E-state index is -0.553. The van der Waals surface area contributed by atoms with Crippen molar-refractivity contribution in [3.63, 3.8) is 0 Å². The summed E-state index contributed by atoms with van der Waals surface area (Å²) in [6.07, 6.45) is 6.94. The summed E-state index contributed by atoms with van der Waals surface area (Å²) in [5.41, 5.74) is 1.51. The third-order valence-electron chi connectivity index (χ3n) is 5.05. The summed E-state index contributed by atoms with van der Waals surface area (Å²) in [5.74, 6) is 0.627. The zero-order valence-corrected chi connectivity index (χ0v) is 16.3. The predicted octanol–water partition coefficient (Wildman–Crippen LogP) is 5.51. The summed E-state index contributed by atoms with van der Waals surface area (Å²) < 4.78 is 26.7. The minimum absolute atomic E-state index is 0.398. The van der Waals surface area contributed by atoms with Crippen LogP contribution in [0.2, 0.25) is 0 Å². The molecule has 1 fully saturated rings. The molecule has 2 nitrogen and oxygen atoms in total. The van der Waals surface area contributed by atoms with Crippen molar-refractivity contribution in [3.8, 4) is 0 Å². The van der Waals surface area contributed by atoms with Crippen LogP contribution in [0.4, 0.5) is 14.5 Å². The summed E-state index contributed by atoms with van der Waals surface area (Å²) in [5, 5.41) is 7.34. The van der Waals surface area contributed by atoms with Gasteiger partial charge in [-0.15, -0.1) is 11.8 Å². The molecule has 2 aliphatic carbocycles. The van der Waals surface area contributed by atoms with Crippen LogP contribution in [0.3, 0.4) is 0 Å². The van der Waals surface area contributed by atoms with Gasteiger partial charge >= 0.3 is 0 Å². The molecule has 2 N–H and O–H groups in total. The molecule has 2 bridgehead atoms. The molecule has 0 aromatic heterocycles. The van der Waals surface area contributed by atoms with Crippen molar-refractivity contribution in [1.29, 1.82) is 0 Å². The Bertz CT molecular complexity index is 864. The van der Waals surface area contributed by atoms with E-state index in [0.717, 1.165) is 23.1 Å². The van der Waals surface area contributed by atoms with Crippen molar-refractivity contribution in [2.75, 3.05) is 5.32 Å². The molecule has 0 heterocycles. The van der Waals surface area contributed by atoms with Crippen LogP contribution in [0, 0.1) is 23.5 Å². The van der Waals surface area contributed by atoms with E-state index in [9.17, 15) is 8.78 Å². The van der Waals surface area contributed by atoms with Gasteiger partial charge in [0, 0.05) is 22.8 Å². The highest BCUT2D eigenvalue weighted by Crippen LogP contribution is 2.39. The Balaban J connectivity index is 1.38. The maximum absolute atomic E-state index is 13.4. The smallest absolute Gasteiger partial charge is 0.171 e. The fraction of sp³-hybridized carbons (Fsp3) is 0.286. The highest BCUT2D eigenvalue weighted by Gasteiger charge is 2.35. The molecule has 1 saturated carbocycles. The number of anilines is 1. The maximum Gasteiger partial charge on any atom is 0.171 e. The average molecular weight is 403 g/mol. The number of benzene rings is 2. The van der Waals surface area contributed by atoms with Crippen molar-refractivity contribution >= 4 is 34.8 Å². The Kier molecular flexibility index (Phi) is 5.45. The van der Waals surface area contributed by atoms with Crippen molar-refractivity contribution in [1.82, 2.24) is 5.32 Å². The van der Waals surface area contributed by atoms with Crippen molar-refractivity contribution in [2.45, 2.75) is 29.5 Å². The highest BCUT2D eigenvalue weighted by atomic mass is 32.2. The molecule has 4 rings (SSSR count). The van der Waals surface area contributed by atoms with Gasteiger partial charge in [0.2, 0.25) is 0 Å². The molecule has 0 amide bonds. The van der Waals surface area contributed by atoms with Gasteiger partial charge in [-0.2, -0.15) is 0 Å². The molecule has 2 aromatic rings. The van der Waals surface area contributed by atoms with Crippen LogP contribution in [0.5, 0.6) is 0 Å². The van der Waals surface area contributed by atoms with Gasteiger partial charge in [0.1, 0.15) is 11.6 Å². The predicted molar refractivity (Wildman–Crippen MR) is 111 cm³/mol. The maximum atomic E-state index is 13.4. The van der Waals surface area contributed by atoms with Crippen LogP contribution in [0.25, 0.3) is 0 Å². The van der Waals surface area contributed by atoms with Gasteiger partial charge in [-0.25, -0.2) is 8.78 Å². The summed E-state index contributed by atoms with van der Waals surface area (Å²) in [7, 11) is 0. The summed E-state index contributed by atoms with van der Waals surface area (Å²) >= 11 is 7.03. The second-order valence-corrected chi connectivity index (χ2v) is 8.47. The Labute approximate surface area is 167 Å². The Morgan fingerprint density at radius 3 is 2.56 bits per heavy atom.